The third-order valence-corrected chi connectivity index (χ3v) is 3.38. The number of nitrogens with one attached hydrogen (secondary N) is 1. The van der Waals surface area contributed by atoms with Gasteiger partial charge in [0.25, 0.3) is 0 Å². The summed E-state index contributed by atoms with van der Waals surface area (Å²) >= 11 is 1.01. The summed E-state index contributed by atoms with van der Waals surface area (Å²) in [6.07, 6.45) is 0. The molecule has 1 atom stereocenters. The van der Waals surface area contributed by atoms with E-state index >= 15 is 0 Å². The third kappa shape index (κ3) is 2.09. The summed E-state index contributed by atoms with van der Waals surface area (Å²) < 4.78 is 43.4. The molecular formula is C10H9F3N4S. The SMILES string of the molecule is Cc1nnsc1C(NN)c1ccc(F)c(F)c1F. The Hall–Kier alpha value is -1.51. The fraction of sp³-hybridized carbons (Fsp3) is 0.200. The Bertz CT molecular complexity index is 572. The summed E-state index contributed by atoms with van der Waals surface area (Å²) in [4.78, 5) is 0.544. The first-order chi connectivity index (χ1) is 8.56. The molecule has 0 aliphatic heterocycles. The summed E-state index contributed by atoms with van der Waals surface area (Å²) in [6, 6.07) is 1.17. The van der Waals surface area contributed by atoms with Gasteiger partial charge in [0, 0.05) is 5.56 Å². The van der Waals surface area contributed by atoms with E-state index in [-0.39, 0.29) is 5.56 Å². The van der Waals surface area contributed by atoms with Gasteiger partial charge in [-0.05, 0) is 24.5 Å². The number of aryl methyl sites for hydroxylation is 1. The molecule has 0 fully saturated rings. The Morgan fingerprint density at radius 2 is 2.00 bits per heavy atom. The summed E-state index contributed by atoms with van der Waals surface area (Å²) in [5, 5.41) is 3.76. The number of halogens is 3. The molecule has 1 heterocycles. The van der Waals surface area contributed by atoms with Gasteiger partial charge in [-0.25, -0.2) is 18.6 Å². The zero-order valence-electron chi connectivity index (χ0n) is 9.25. The number of hydrogen-bond donors (Lipinski definition) is 2. The molecule has 1 aromatic carbocycles. The molecule has 0 saturated heterocycles. The molecule has 8 heteroatoms. The van der Waals surface area contributed by atoms with Crippen LogP contribution < -0.4 is 11.3 Å². The summed E-state index contributed by atoms with van der Waals surface area (Å²) in [6.45, 7) is 1.67. The van der Waals surface area contributed by atoms with Crippen LogP contribution in [-0.4, -0.2) is 9.59 Å². The molecule has 0 aliphatic carbocycles. The van der Waals surface area contributed by atoms with Gasteiger partial charge in [0.15, 0.2) is 17.5 Å². The van der Waals surface area contributed by atoms with Crippen molar-refractivity contribution in [2.75, 3.05) is 0 Å². The van der Waals surface area contributed by atoms with Gasteiger partial charge in [0.1, 0.15) is 0 Å². The Morgan fingerprint density at radius 1 is 1.28 bits per heavy atom. The van der Waals surface area contributed by atoms with Crippen LogP contribution in [0.3, 0.4) is 0 Å². The third-order valence-electron chi connectivity index (χ3n) is 2.49. The highest BCUT2D eigenvalue weighted by Gasteiger charge is 2.24. The second-order valence-corrected chi connectivity index (χ2v) is 4.37. The van der Waals surface area contributed by atoms with E-state index in [4.69, 9.17) is 5.84 Å². The molecule has 2 aromatic rings. The van der Waals surface area contributed by atoms with Crippen molar-refractivity contribution in [1.82, 2.24) is 15.0 Å². The van der Waals surface area contributed by atoms with Crippen LogP contribution in [0.2, 0.25) is 0 Å². The molecule has 2 rings (SSSR count). The number of hydrazine groups is 1. The van der Waals surface area contributed by atoms with Crippen LogP contribution in [0.5, 0.6) is 0 Å². The lowest BCUT2D eigenvalue weighted by atomic mass is 10.0. The first-order valence-electron chi connectivity index (χ1n) is 4.94. The van der Waals surface area contributed by atoms with Crippen LogP contribution in [0.1, 0.15) is 22.2 Å². The van der Waals surface area contributed by atoms with Gasteiger partial charge in [0.2, 0.25) is 0 Å². The van der Waals surface area contributed by atoms with Crippen molar-refractivity contribution < 1.29 is 13.2 Å². The van der Waals surface area contributed by atoms with Crippen molar-refractivity contribution in [3.05, 3.63) is 45.7 Å². The van der Waals surface area contributed by atoms with Gasteiger partial charge in [-0.2, -0.15) is 0 Å². The predicted molar refractivity (Wildman–Crippen MR) is 60.1 cm³/mol. The fourth-order valence-corrected chi connectivity index (χ4v) is 2.30. The lowest BCUT2D eigenvalue weighted by molar-refractivity contribution is 0.433. The van der Waals surface area contributed by atoms with Crippen LogP contribution in [0.4, 0.5) is 13.2 Å². The highest BCUT2D eigenvalue weighted by atomic mass is 32.1. The maximum absolute atomic E-state index is 13.7. The minimum atomic E-state index is -1.53. The number of rotatable bonds is 3. The standard InChI is InChI=1S/C10H9F3N4S/c1-4-10(18-17-16-4)9(15-14)5-2-3-6(11)8(13)7(5)12/h2-3,9,15H,14H2,1H3. The Morgan fingerprint density at radius 3 is 2.56 bits per heavy atom. The molecule has 3 N–H and O–H groups in total. The maximum Gasteiger partial charge on any atom is 0.194 e. The molecule has 0 saturated carbocycles. The van der Waals surface area contributed by atoms with Gasteiger partial charge in [-0.15, -0.1) is 5.10 Å². The Labute approximate surface area is 105 Å². The normalized spacial score (nSPS) is 12.7. The zero-order chi connectivity index (χ0) is 13.3. The zero-order valence-corrected chi connectivity index (χ0v) is 10.1. The molecule has 0 amide bonds. The fourth-order valence-electron chi connectivity index (χ4n) is 1.57. The van der Waals surface area contributed by atoms with Crippen molar-refractivity contribution in [1.29, 1.82) is 0 Å². The van der Waals surface area contributed by atoms with Crippen molar-refractivity contribution >= 4 is 11.5 Å². The average Bonchev–Trinajstić information content (AvgIpc) is 2.77. The molecule has 0 radical (unpaired) electrons. The summed E-state index contributed by atoms with van der Waals surface area (Å²) in [5.41, 5.74) is 2.81. The largest absolute Gasteiger partial charge is 0.271 e. The van der Waals surface area contributed by atoms with Gasteiger partial charge in [-0.3, -0.25) is 5.84 Å². The van der Waals surface area contributed by atoms with Crippen LogP contribution in [0.25, 0.3) is 0 Å². The number of benzene rings is 1. The van der Waals surface area contributed by atoms with Crippen molar-refractivity contribution in [2.24, 2.45) is 5.84 Å². The van der Waals surface area contributed by atoms with E-state index in [0.29, 0.717) is 10.6 Å². The van der Waals surface area contributed by atoms with Crippen LogP contribution in [0.15, 0.2) is 12.1 Å². The molecule has 0 spiro atoms. The minimum absolute atomic E-state index is 0.0921. The number of nitrogens with two attached hydrogens (primary N) is 1. The minimum Gasteiger partial charge on any atom is -0.271 e. The van der Waals surface area contributed by atoms with Gasteiger partial charge in [-0.1, -0.05) is 10.6 Å². The summed E-state index contributed by atoms with van der Waals surface area (Å²) in [7, 11) is 0. The highest BCUT2D eigenvalue weighted by molar-refractivity contribution is 7.05. The van der Waals surface area contributed by atoms with Gasteiger partial charge >= 0.3 is 0 Å². The van der Waals surface area contributed by atoms with Crippen molar-refractivity contribution in [3.8, 4) is 0 Å². The van der Waals surface area contributed by atoms with E-state index in [1.807, 2.05) is 0 Å². The Kier molecular flexibility index (Phi) is 3.60. The highest BCUT2D eigenvalue weighted by Crippen LogP contribution is 2.29. The van der Waals surface area contributed by atoms with E-state index in [2.05, 4.69) is 15.0 Å². The molecule has 18 heavy (non-hydrogen) atoms. The van der Waals surface area contributed by atoms with E-state index in [1.165, 1.54) is 0 Å². The molecule has 96 valence electrons. The lowest BCUT2D eigenvalue weighted by Crippen LogP contribution is -2.29. The Balaban J connectivity index is 2.53. The van der Waals surface area contributed by atoms with E-state index < -0.39 is 23.5 Å². The predicted octanol–water partition coefficient (Wildman–Crippen LogP) is 1.82. The van der Waals surface area contributed by atoms with Crippen LogP contribution in [-0.2, 0) is 0 Å². The maximum atomic E-state index is 13.7. The monoisotopic (exact) mass is 274 g/mol. The van der Waals surface area contributed by atoms with E-state index in [0.717, 1.165) is 23.7 Å². The second-order valence-electron chi connectivity index (χ2n) is 3.59. The molecule has 1 aromatic heterocycles. The van der Waals surface area contributed by atoms with Gasteiger partial charge in [0.05, 0.1) is 16.6 Å². The van der Waals surface area contributed by atoms with E-state index in [1.54, 1.807) is 6.92 Å². The molecular weight excluding hydrogens is 265 g/mol. The first kappa shape index (κ1) is 12.9. The topological polar surface area (TPSA) is 63.8 Å². The summed E-state index contributed by atoms with van der Waals surface area (Å²) in [5.74, 6) is 1.30. The van der Waals surface area contributed by atoms with Gasteiger partial charge < -0.3 is 0 Å². The van der Waals surface area contributed by atoms with Crippen molar-refractivity contribution in [3.63, 3.8) is 0 Å². The molecule has 1 unspecified atom stereocenters. The van der Waals surface area contributed by atoms with Crippen LogP contribution >= 0.6 is 11.5 Å². The molecule has 0 bridgehead atoms. The number of nitrogens with zero attached hydrogens (tertiary/aromatic N) is 2. The number of aromatic nitrogens is 2. The smallest absolute Gasteiger partial charge is 0.194 e. The quantitative estimate of drug-likeness (QED) is 0.509. The lowest BCUT2D eigenvalue weighted by Gasteiger charge is -2.15. The van der Waals surface area contributed by atoms with Crippen LogP contribution in [0, 0.1) is 24.4 Å². The molecule has 0 aliphatic rings. The molecule has 4 nitrogen and oxygen atoms in total. The number of hydrogen-bond acceptors (Lipinski definition) is 5. The first-order valence-corrected chi connectivity index (χ1v) is 5.72. The second kappa shape index (κ2) is 5.01. The average molecular weight is 274 g/mol. The van der Waals surface area contributed by atoms with Crippen molar-refractivity contribution in [2.45, 2.75) is 13.0 Å². The van der Waals surface area contributed by atoms with E-state index in [9.17, 15) is 13.2 Å².